The predicted molar refractivity (Wildman–Crippen MR) is 45.5 cm³/mol. The fourth-order valence-electron chi connectivity index (χ4n) is 0.665. The summed E-state index contributed by atoms with van der Waals surface area (Å²) in [6, 6.07) is 0. The maximum absolute atomic E-state index is 10.8. The molecule has 0 saturated heterocycles. The molecule has 0 aliphatic heterocycles. The molecule has 0 aliphatic rings. The van der Waals surface area contributed by atoms with E-state index in [4.69, 9.17) is 5.11 Å². The molecular formula is C8H15NO3. The molecule has 0 rings (SSSR count). The first-order chi connectivity index (χ1) is 5.70. The Morgan fingerprint density at radius 2 is 2.33 bits per heavy atom. The third-order valence-corrected chi connectivity index (χ3v) is 1.14. The average Bonchev–Trinajstić information content (AvgIpc) is 2.01. The van der Waals surface area contributed by atoms with Crippen molar-refractivity contribution in [3.8, 4) is 0 Å². The number of hydrogen-bond acceptors (Lipinski definition) is 4. The van der Waals surface area contributed by atoms with E-state index in [1.807, 2.05) is 0 Å². The lowest BCUT2D eigenvalue weighted by Gasteiger charge is -2.03. The van der Waals surface area contributed by atoms with Crippen LogP contribution in [0.2, 0.25) is 0 Å². The summed E-state index contributed by atoms with van der Waals surface area (Å²) in [5, 5.41) is 11.3. The van der Waals surface area contributed by atoms with Gasteiger partial charge in [0.05, 0.1) is 13.2 Å². The lowest BCUT2D eigenvalue weighted by atomic mass is 10.4. The van der Waals surface area contributed by atoms with Crippen LogP contribution in [0.1, 0.15) is 13.8 Å². The van der Waals surface area contributed by atoms with E-state index in [9.17, 15) is 4.79 Å². The maximum atomic E-state index is 10.8. The molecule has 0 amide bonds. The lowest BCUT2D eigenvalue weighted by molar-refractivity contribution is -0.137. The molecule has 70 valence electrons. The van der Waals surface area contributed by atoms with E-state index in [0.717, 1.165) is 0 Å². The predicted octanol–water partition coefficient (Wildman–Crippen LogP) is 0.0352. The smallest absolute Gasteiger partial charge is 0.332 e. The van der Waals surface area contributed by atoms with Crippen LogP contribution in [0.3, 0.4) is 0 Å². The van der Waals surface area contributed by atoms with Crippen LogP contribution in [0.5, 0.6) is 0 Å². The normalized spacial score (nSPS) is 11.1. The summed E-state index contributed by atoms with van der Waals surface area (Å²) in [4.78, 5) is 10.8. The van der Waals surface area contributed by atoms with Gasteiger partial charge in [-0.1, -0.05) is 0 Å². The van der Waals surface area contributed by atoms with Crippen LogP contribution in [-0.2, 0) is 9.53 Å². The van der Waals surface area contributed by atoms with E-state index >= 15 is 0 Å². The number of carbonyl (C=O) groups excluding carboxylic acids is 1. The Hall–Kier alpha value is -1.03. The lowest BCUT2D eigenvalue weighted by Crippen LogP contribution is -2.17. The highest BCUT2D eigenvalue weighted by Crippen LogP contribution is 1.88. The second-order valence-electron chi connectivity index (χ2n) is 2.23. The van der Waals surface area contributed by atoms with Gasteiger partial charge in [-0.05, 0) is 13.8 Å². The molecule has 0 heterocycles. The first-order valence-corrected chi connectivity index (χ1v) is 3.90. The van der Waals surface area contributed by atoms with Crippen LogP contribution in [0.4, 0.5) is 0 Å². The Kier molecular flexibility index (Phi) is 6.09. The number of nitrogens with one attached hydrogen (secondary N) is 1. The fourth-order valence-corrected chi connectivity index (χ4v) is 0.665. The summed E-state index contributed by atoms with van der Waals surface area (Å²) in [7, 11) is 0. The van der Waals surface area contributed by atoms with Gasteiger partial charge in [-0.25, -0.2) is 4.79 Å². The zero-order valence-electron chi connectivity index (χ0n) is 7.46. The van der Waals surface area contributed by atoms with Gasteiger partial charge in [0.1, 0.15) is 0 Å². The molecule has 12 heavy (non-hydrogen) atoms. The number of aliphatic hydroxyl groups is 1. The third-order valence-electron chi connectivity index (χ3n) is 1.14. The summed E-state index contributed by atoms with van der Waals surface area (Å²) in [6.45, 7) is 4.37. The van der Waals surface area contributed by atoms with Gasteiger partial charge in [0.25, 0.3) is 0 Å². The first kappa shape index (κ1) is 11.0. The number of ether oxygens (including phenoxy) is 1. The van der Waals surface area contributed by atoms with Crippen molar-refractivity contribution in [3.05, 3.63) is 11.8 Å². The van der Waals surface area contributed by atoms with Gasteiger partial charge in [-0.2, -0.15) is 0 Å². The number of carbonyl (C=O) groups is 1. The highest BCUT2D eigenvalue weighted by Gasteiger charge is 1.96. The van der Waals surface area contributed by atoms with Crippen molar-refractivity contribution >= 4 is 5.97 Å². The number of rotatable bonds is 5. The molecule has 0 aliphatic carbocycles. The van der Waals surface area contributed by atoms with Gasteiger partial charge >= 0.3 is 5.97 Å². The van der Waals surface area contributed by atoms with E-state index < -0.39 is 0 Å². The Bertz CT molecular complexity index is 166. The molecule has 0 atom stereocenters. The third kappa shape index (κ3) is 5.73. The van der Waals surface area contributed by atoms with Crippen molar-refractivity contribution in [2.24, 2.45) is 0 Å². The fraction of sp³-hybridized carbons (Fsp3) is 0.625. The minimum absolute atomic E-state index is 0.0496. The monoisotopic (exact) mass is 173 g/mol. The van der Waals surface area contributed by atoms with E-state index in [0.29, 0.717) is 18.8 Å². The topological polar surface area (TPSA) is 58.6 Å². The summed E-state index contributed by atoms with van der Waals surface area (Å²) in [6.07, 6.45) is 1.36. The standard InChI is InChI=1S/C8H15NO3/c1-3-12-8(11)6-7(2)9-4-5-10/h6,9-10H,3-5H2,1-2H3/b7-6-. The first-order valence-electron chi connectivity index (χ1n) is 3.90. The van der Waals surface area contributed by atoms with Crippen molar-refractivity contribution in [2.45, 2.75) is 13.8 Å². The summed E-state index contributed by atoms with van der Waals surface area (Å²) in [5.41, 5.74) is 0.697. The van der Waals surface area contributed by atoms with Crippen molar-refractivity contribution in [1.82, 2.24) is 5.32 Å². The van der Waals surface area contributed by atoms with Crippen molar-refractivity contribution < 1.29 is 14.6 Å². The van der Waals surface area contributed by atoms with Gasteiger partial charge in [0, 0.05) is 18.3 Å². The minimum atomic E-state index is -0.361. The summed E-state index contributed by atoms with van der Waals surface area (Å²) in [5.74, 6) is -0.361. The van der Waals surface area contributed by atoms with Gasteiger partial charge < -0.3 is 15.2 Å². The summed E-state index contributed by atoms with van der Waals surface area (Å²) < 4.78 is 4.67. The largest absolute Gasteiger partial charge is 0.463 e. The Balaban J connectivity index is 3.72. The van der Waals surface area contributed by atoms with E-state index in [1.54, 1.807) is 13.8 Å². The van der Waals surface area contributed by atoms with Gasteiger partial charge in [0.2, 0.25) is 0 Å². The minimum Gasteiger partial charge on any atom is -0.463 e. The van der Waals surface area contributed by atoms with Gasteiger partial charge in [-0.3, -0.25) is 0 Å². The molecule has 0 bridgehead atoms. The van der Waals surface area contributed by atoms with Crippen LogP contribution in [0.15, 0.2) is 11.8 Å². The quantitative estimate of drug-likeness (QED) is 0.455. The number of hydrogen-bond donors (Lipinski definition) is 2. The molecule has 0 spiro atoms. The van der Waals surface area contributed by atoms with E-state index in [1.165, 1.54) is 6.08 Å². The van der Waals surface area contributed by atoms with Crippen LogP contribution < -0.4 is 5.32 Å². The highest BCUT2D eigenvalue weighted by atomic mass is 16.5. The second kappa shape index (κ2) is 6.67. The van der Waals surface area contributed by atoms with Gasteiger partial charge in [0.15, 0.2) is 0 Å². The molecule has 0 fully saturated rings. The molecule has 2 N–H and O–H groups in total. The number of aliphatic hydroxyl groups excluding tert-OH is 1. The summed E-state index contributed by atoms with van der Waals surface area (Å²) >= 11 is 0. The number of esters is 1. The zero-order chi connectivity index (χ0) is 9.40. The molecule has 0 radical (unpaired) electrons. The molecular weight excluding hydrogens is 158 g/mol. The highest BCUT2D eigenvalue weighted by molar-refractivity contribution is 5.82. The Labute approximate surface area is 72.2 Å². The van der Waals surface area contributed by atoms with Crippen LogP contribution >= 0.6 is 0 Å². The van der Waals surface area contributed by atoms with Crippen LogP contribution in [0, 0.1) is 0 Å². The average molecular weight is 173 g/mol. The molecule has 0 aromatic rings. The molecule has 4 heteroatoms. The molecule has 0 unspecified atom stereocenters. The molecule has 4 nitrogen and oxygen atoms in total. The van der Waals surface area contributed by atoms with Crippen molar-refractivity contribution in [1.29, 1.82) is 0 Å². The van der Waals surface area contributed by atoms with Gasteiger partial charge in [-0.15, -0.1) is 0 Å². The van der Waals surface area contributed by atoms with Crippen LogP contribution in [-0.4, -0.2) is 30.8 Å². The molecule has 0 aromatic heterocycles. The Morgan fingerprint density at radius 1 is 1.67 bits per heavy atom. The Morgan fingerprint density at radius 3 is 2.83 bits per heavy atom. The molecule has 0 saturated carbocycles. The number of allylic oxidation sites excluding steroid dienone is 1. The molecule has 0 aromatic carbocycles. The van der Waals surface area contributed by atoms with Crippen LogP contribution in [0.25, 0.3) is 0 Å². The maximum Gasteiger partial charge on any atom is 0.332 e. The van der Waals surface area contributed by atoms with E-state index in [-0.39, 0.29) is 12.6 Å². The second-order valence-corrected chi connectivity index (χ2v) is 2.23. The zero-order valence-corrected chi connectivity index (χ0v) is 7.46. The SMILES string of the molecule is CCOC(=O)/C=C(/C)NCCO. The van der Waals surface area contributed by atoms with E-state index in [2.05, 4.69) is 10.1 Å². The van der Waals surface area contributed by atoms with Crippen molar-refractivity contribution in [3.63, 3.8) is 0 Å². The van der Waals surface area contributed by atoms with Crippen molar-refractivity contribution in [2.75, 3.05) is 19.8 Å².